The van der Waals surface area contributed by atoms with Gasteiger partial charge >= 0.3 is 0 Å². The first-order chi connectivity index (χ1) is 6.71. The van der Waals surface area contributed by atoms with Gasteiger partial charge in [-0.25, -0.2) is 0 Å². The third-order valence-corrected chi connectivity index (χ3v) is 1.80. The van der Waals surface area contributed by atoms with Crippen molar-refractivity contribution in [3.05, 3.63) is 60.4 Å². The second kappa shape index (κ2) is 6.84. The molecule has 1 heteroatoms. The Hall–Kier alpha value is -1.63. The van der Waals surface area contributed by atoms with E-state index < -0.39 is 0 Å². The normalized spacial score (nSPS) is 13.7. The summed E-state index contributed by atoms with van der Waals surface area (Å²) in [5, 5.41) is 0. The van der Waals surface area contributed by atoms with E-state index in [0.717, 1.165) is 16.8 Å². The SMILES string of the molecule is C=C/C(C)=C(N=C)/C(C=C)=C/C=C\C. The van der Waals surface area contributed by atoms with Crippen molar-refractivity contribution in [3.8, 4) is 0 Å². The first-order valence-corrected chi connectivity index (χ1v) is 4.47. The molecule has 0 aromatic rings. The van der Waals surface area contributed by atoms with E-state index in [2.05, 4.69) is 24.9 Å². The zero-order valence-electron chi connectivity index (χ0n) is 8.96. The zero-order chi connectivity index (χ0) is 11.0. The summed E-state index contributed by atoms with van der Waals surface area (Å²) in [6.45, 7) is 14.9. The molecular formula is C13H17N. The molecule has 0 N–H and O–H groups in total. The van der Waals surface area contributed by atoms with Crippen LogP contribution in [0.3, 0.4) is 0 Å². The number of hydrogen-bond acceptors (Lipinski definition) is 1. The Morgan fingerprint density at radius 2 is 1.86 bits per heavy atom. The van der Waals surface area contributed by atoms with Crippen LogP contribution in [0.25, 0.3) is 0 Å². The van der Waals surface area contributed by atoms with E-state index in [-0.39, 0.29) is 0 Å². The fourth-order valence-electron chi connectivity index (χ4n) is 0.984. The molecule has 0 amide bonds. The minimum absolute atomic E-state index is 0.827. The van der Waals surface area contributed by atoms with E-state index in [1.54, 1.807) is 12.2 Å². The van der Waals surface area contributed by atoms with Gasteiger partial charge in [-0.1, -0.05) is 43.5 Å². The molecule has 0 radical (unpaired) electrons. The third kappa shape index (κ3) is 3.40. The molecule has 74 valence electrons. The number of allylic oxidation sites excluding steroid dienone is 6. The van der Waals surface area contributed by atoms with Gasteiger partial charge in [0.15, 0.2) is 0 Å². The molecule has 0 saturated heterocycles. The molecule has 14 heavy (non-hydrogen) atoms. The Morgan fingerprint density at radius 1 is 1.21 bits per heavy atom. The van der Waals surface area contributed by atoms with Crippen LogP contribution in [-0.4, -0.2) is 6.72 Å². The highest BCUT2D eigenvalue weighted by molar-refractivity contribution is 5.49. The van der Waals surface area contributed by atoms with Crippen LogP contribution in [0.1, 0.15) is 13.8 Å². The minimum atomic E-state index is 0.827. The second-order valence-electron chi connectivity index (χ2n) is 2.75. The van der Waals surface area contributed by atoms with Crippen molar-refractivity contribution in [1.82, 2.24) is 0 Å². The standard InChI is InChI=1S/C13H17N/c1-6-9-10-12(8-3)13(14-5)11(4)7-2/h6-10H,2-3,5H2,1,4H3/b9-6-,12-10+,13-11-. The molecule has 0 atom stereocenters. The summed E-state index contributed by atoms with van der Waals surface area (Å²) in [6, 6.07) is 0. The van der Waals surface area contributed by atoms with Crippen molar-refractivity contribution in [3.63, 3.8) is 0 Å². The predicted molar refractivity (Wildman–Crippen MR) is 65.5 cm³/mol. The molecule has 0 spiro atoms. The van der Waals surface area contributed by atoms with Crippen molar-refractivity contribution in [1.29, 1.82) is 0 Å². The van der Waals surface area contributed by atoms with Crippen molar-refractivity contribution in [2.75, 3.05) is 0 Å². The molecule has 1 nitrogen and oxygen atoms in total. The van der Waals surface area contributed by atoms with Crippen molar-refractivity contribution < 1.29 is 0 Å². The van der Waals surface area contributed by atoms with Crippen LogP contribution < -0.4 is 0 Å². The number of rotatable bonds is 5. The average molecular weight is 187 g/mol. The Kier molecular flexibility index (Phi) is 6.04. The monoisotopic (exact) mass is 187 g/mol. The summed E-state index contributed by atoms with van der Waals surface area (Å²) in [6.07, 6.45) is 9.37. The van der Waals surface area contributed by atoms with Gasteiger partial charge < -0.3 is 0 Å². The molecule has 0 heterocycles. The predicted octanol–water partition coefficient (Wildman–Crippen LogP) is 3.84. The summed E-state index contributed by atoms with van der Waals surface area (Å²) in [5.41, 5.74) is 2.78. The molecule has 0 aliphatic rings. The maximum absolute atomic E-state index is 3.97. The fraction of sp³-hybridized carbons (Fsp3) is 0.154. The maximum Gasteiger partial charge on any atom is 0.0723 e. The average Bonchev–Trinajstić information content (AvgIpc) is 2.23. The van der Waals surface area contributed by atoms with Crippen LogP contribution in [0.2, 0.25) is 0 Å². The van der Waals surface area contributed by atoms with Crippen molar-refractivity contribution in [2.45, 2.75) is 13.8 Å². The summed E-state index contributed by atoms with van der Waals surface area (Å²) in [7, 11) is 0. The Labute approximate surface area is 86.6 Å². The molecule has 0 fully saturated rings. The summed E-state index contributed by atoms with van der Waals surface area (Å²) < 4.78 is 0. The van der Waals surface area contributed by atoms with Crippen LogP contribution in [0.5, 0.6) is 0 Å². The summed E-state index contributed by atoms with van der Waals surface area (Å²) in [5.74, 6) is 0. The molecule has 0 bridgehead atoms. The van der Waals surface area contributed by atoms with E-state index in [1.165, 1.54) is 0 Å². The number of aliphatic imine (C=N–C) groups is 1. The topological polar surface area (TPSA) is 12.4 Å². The first-order valence-electron chi connectivity index (χ1n) is 4.47. The molecule has 0 rings (SSSR count). The van der Waals surface area contributed by atoms with E-state index in [4.69, 9.17) is 0 Å². The molecule has 0 aromatic carbocycles. The van der Waals surface area contributed by atoms with Gasteiger partial charge in [0.05, 0.1) is 5.70 Å². The van der Waals surface area contributed by atoms with Gasteiger partial charge in [-0.15, -0.1) is 0 Å². The largest absolute Gasteiger partial charge is 0.264 e. The number of nitrogens with zero attached hydrogens (tertiary/aromatic N) is 1. The van der Waals surface area contributed by atoms with Gasteiger partial charge in [-0.2, -0.15) is 0 Å². The Morgan fingerprint density at radius 3 is 2.21 bits per heavy atom. The highest BCUT2D eigenvalue weighted by atomic mass is 14.7. The van der Waals surface area contributed by atoms with Crippen molar-refractivity contribution in [2.24, 2.45) is 4.99 Å². The highest BCUT2D eigenvalue weighted by Crippen LogP contribution is 2.17. The van der Waals surface area contributed by atoms with Gasteiger partial charge in [-0.3, -0.25) is 4.99 Å². The lowest BCUT2D eigenvalue weighted by atomic mass is 10.1. The van der Waals surface area contributed by atoms with Crippen LogP contribution in [0.4, 0.5) is 0 Å². The van der Waals surface area contributed by atoms with Crippen LogP contribution >= 0.6 is 0 Å². The molecule has 0 saturated carbocycles. The lowest BCUT2D eigenvalue weighted by molar-refractivity contribution is 1.28. The van der Waals surface area contributed by atoms with Gasteiger partial charge in [0, 0.05) is 0 Å². The minimum Gasteiger partial charge on any atom is -0.264 e. The first kappa shape index (κ1) is 12.4. The van der Waals surface area contributed by atoms with Crippen LogP contribution in [0.15, 0.2) is 65.4 Å². The number of hydrogen-bond donors (Lipinski definition) is 0. The second-order valence-corrected chi connectivity index (χ2v) is 2.75. The third-order valence-electron chi connectivity index (χ3n) is 1.80. The summed E-state index contributed by atoms with van der Waals surface area (Å²) >= 11 is 0. The van der Waals surface area contributed by atoms with E-state index in [1.807, 2.05) is 32.1 Å². The quantitative estimate of drug-likeness (QED) is 0.458. The van der Waals surface area contributed by atoms with Gasteiger partial charge in [0.1, 0.15) is 0 Å². The van der Waals surface area contributed by atoms with Crippen LogP contribution in [0, 0.1) is 0 Å². The molecule has 0 aliphatic heterocycles. The molecule has 0 unspecified atom stereocenters. The van der Waals surface area contributed by atoms with Gasteiger partial charge in [-0.05, 0) is 31.7 Å². The highest BCUT2D eigenvalue weighted by Gasteiger charge is 2.00. The Bertz CT molecular complexity index is 314. The molecular weight excluding hydrogens is 170 g/mol. The molecule has 0 aromatic heterocycles. The lowest BCUT2D eigenvalue weighted by Crippen LogP contribution is -1.86. The molecule has 0 aliphatic carbocycles. The zero-order valence-corrected chi connectivity index (χ0v) is 8.96. The van der Waals surface area contributed by atoms with Gasteiger partial charge in [0.2, 0.25) is 0 Å². The van der Waals surface area contributed by atoms with Crippen LogP contribution in [-0.2, 0) is 0 Å². The van der Waals surface area contributed by atoms with E-state index in [9.17, 15) is 0 Å². The van der Waals surface area contributed by atoms with Gasteiger partial charge in [0.25, 0.3) is 0 Å². The maximum atomic E-state index is 3.97. The van der Waals surface area contributed by atoms with E-state index in [0.29, 0.717) is 0 Å². The smallest absolute Gasteiger partial charge is 0.0723 e. The van der Waals surface area contributed by atoms with Crippen molar-refractivity contribution >= 4 is 6.72 Å². The summed E-state index contributed by atoms with van der Waals surface area (Å²) in [4.78, 5) is 3.97. The fourth-order valence-corrected chi connectivity index (χ4v) is 0.984. The lowest BCUT2D eigenvalue weighted by Gasteiger charge is -2.04. The Balaban J connectivity index is 5.28. The van der Waals surface area contributed by atoms with E-state index >= 15 is 0 Å².